The summed E-state index contributed by atoms with van der Waals surface area (Å²) in [4.78, 5) is 27.1. The monoisotopic (exact) mass is 344 g/mol. The second-order valence-electron chi connectivity index (χ2n) is 7.02. The molecule has 0 spiro atoms. The van der Waals surface area contributed by atoms with Crippen molar-refractivity contribution in [2.45, 2.75) is 57.1 Å². The standard InChI is InChI=1S/C20H28N2O3/c23-19(11-10-17-9-6-14-25-17)21-18(15-16-7-2-1-3-8-16)20(24)22-12-4-5-13-22/h1-3,7-8,17-18H,4-6,9-15H2,(H,21,23)/t17-,18+/m0/s1. The van der Waals surface area contributed by atoms with Gasteiger partial charge < -0.3 is 15.0 Å². The molecule has 2 heterocycles. The van der Waals surface area contributed by atoms with Crippen LogP contribution in [0.4, 0.5) is 0 Å². The van der Waals surface area contributed by atoms with Gasteiger partial charge in [-0.2, -0.15) is 0 Å². The van der Waals surface area contributed by atoms with Gasteiger partial charge in [-0.1, -0.05) is 30.3 Å². The molecule has 0 aromatic heterocycles. The molecule has 0 unspecified atom stereocenters. The Morgan fingerprint density at radius 1 is 1.16 bits per heavy atom. The van der Waals surface area contributed by atoms with E-state index in [1.807, 2.05) is 35.2 Å². The van der Waals surface area contributed by atoms with Crippen molar-refractivity contribution in [3.05, 3.63) is 35.9 Å². The van der Waals surface area contributed by atoms with Gasteiger partial charge in [0, 0.05) is 32.5 Å². The summed E-state index contributed by atoms with van der Waals surface area (Å²) in [7, 11) is 0. The van der Waals surface area contributed by atoms with Gasteiger partial charge in [-0.3, -0.25) is 9.59 Å². The third-order valence-corrected chi connectivity index (χ3v) is 5.05. The van der Waals surface area contributed by atoms with Gasteiger partial charge in [-0.25, -0.2) is 0 Å². The van der Waals surface area contributed by atoms with E-state index < -0.39 is 6.04 Å². The Balaban J connectivity index is 1.58. The van der Waals surface area contributed by atoms with Gasteiger partial charge in [0.15, 0.2) is 0 Å². The third-order valence-electron chi connectivity index (χ3n) is 5.05. The molecule has 2 atom stereocenters. The molecule has 0 bridgehead atoms. The highest BCUT2D eigenvalue weighted by molar-refractivity contribution is 5.88. The lowest BCUT2D eigenvalue weighted by molar-refractivity contribution is -0.135. The highest BCUT2D eigenvalue weighted by atomic mass is 16.5. The topological polar surface area (TPSA) is 58.6 Å². The Hall–Kier alpha value is -1.88. The average molecular weight is 344 g/mol. The van der Waals surface area contributed by atoms with Crippen LogP contribution in [0.5, 0.6) is 0 Å². The van der Waals surface area contributed by atoms with Crippen LogP contribution in [0.25, 0.3) is 0 Å². The minimum atomic E-state index is -0.475. The number of carbonyl (C=O) groups excluding carboxylic acids is 2. The van der Waals surface area contributed by atoms with Gasteiger partial charge in [0.2, 0.25) is 11.8 Å². The van der Waals surface area contributed by atoms with E-state index in [2.05, 4.69) is 5.32 Å². The lowest BCUT2D eigenvalue weighted by Crippen LogP contribution is -2.49. The number of nitrogens with zero attached hydrogens (tertiary/aromatic N) is 1. The summed E-state index contributed by atoms with van der Waals surface area (Å²) in [6, 6.07) is 9.42. The van der Waals surface area contributed by atoms with Crippen LogP contribution in [-0.2, 0) is 20.7 Å². The number of hydrogen-bond donors (Lipinski definition) is 1. The second-order valence-corrected chi connectivity index (χ2v) is 7.02. The van der Waals surface area contributed by atoms with E-state index in [4.69, 9.17) is 4.74 Å². The Morgan fingerprint density at radius 2 is 1.92 bits per heavy atom. The second kappa shape index (κ2) is 8.99. The van der Waals surface area contributed by atoms with Crippen LogP contribution in [0.1, 0.15) is 44.1 Å². The summed E-state index contributed by atoms with van der Waals surface area (Å²) in [6.07, 6.45) is 6.12. The molecule has 25 heavy (non-hydrogen) atoms. The molecule has 5 nitrogen and oxygen atoms in total. The van der Waals surface area contributed by atoms with Crippen LogP contribution >= 0.6 is 0 Å². The summed E-state index contributed by atoms with van der Waals surface area (Å²) >= 11 is 0. The number of amides is 2. The normalized spacial score (nSPS) is 21.3. The van der Waals surface area contributed by atoms with Crippen LogP contribution < -0.4 is 5.32 Å². The molecule has 136 valence electrons. The van der Waals surface area contributed by atoms with E-state index >= 15 is 0 Å². The van der Waals surface area contributed by atoms with E-state index in [9.17, 15) is 9.59 Å². The smallest absolute Gasteiger partial charge is 0.245 e. The molecule has 1 aromatic rings. The molecule has 1 N–H and O–H groups in total. The van der Waals surface area contributed by atoms with E-state index in [-0.39, 0.29) is 17.9 Å². The first kappa shape index (κ1) is 17.9. The largest absolute Gasteiger partial charge is 0.378 e. The van der Waals surface area contributed by atoms with Gasteiger partial charge in [0.25, 0.3) is 0 Å². The third kappa shape index (κ3) is 5.30. The van der Waals surface area contributed by atoms with Crippen molar-refractivity contribution < 1.29 is 14.3 Å². The number of ether oxygens (including phenoxy) is 1. The molecular weight excluding hydrogens is 316 g/mol. The molecule has 0 aliphatic carbocycles. The zero-order valence-electron chi connectivity index (χ0n) is 14.8. The summed E-state index contributed by atoms with van der Waals surface area (Å²) in [6.45, 7) is 2.40. The van der Waals surface area contributed by atoms with Crippen LogP contribution in [0, 0.1) is 0 Å². The van der Waals surface area contributed by atoms with Gasteiger partial charge in [-0.05, 0) is 37.7 Å². The molecule has 1 aromatic carbocycles. The van der Waals surface area contributed by atoms with E-state index in [1.54, 1.807) is 0 Å². The molecular formula is C20H28N2O3. The van der Waals surface area contributed by atoms with Crippen molar-refractivity contribution in [3.63, 3.8) is 0 Å². The van der Waals surface area contributed by atoms with Gasteiger partial charge in [-0.15, -0.1) is 0 Å². The molecule has 0 radical (unpaired) electrons. The predicted octanol–water partition coefficient (Wildman–Crippen LogP) is 2.30. The van der Waals surface area contributed by atoms with Crippen molar-refractivity contribution in [3.8, 4) is 0 Å². The number of rotatable bonds is 7. The van der Waals surface area contributed by atoms with Gasteiger partial charge in [0.1, 0.15) is 6.04 Å². The lowest BCUT2D eigenvalue weighted by Gasteiger charge is -2.24. The Bertz CT molecular complexity index is 564. The molecule has 2 aliphatic rings. The van der Waals surface area contributed by atoms with Crippen LogP contribution in [0.3, 0.4) is 0 Å². The molecule has 2 saturated heterocycles. The summed E-state index contributed by atoms with van der Waals surface area (Å²) in [5.41, 5.74) is 1.07. The fourth-order valence-electron chi connectivity index (χ4n) is 3.64. The lowest BCUT2D eigenvalue weighted by atomic mass is 10.0. The quantitative estimate of drug-likeness (QED) is 0.826. The SMILES string of the molecule is O=C(CC[C@@H]1CCCO1)N[C@H](Cc1ccccc1)C(=O)N1CCCC1. The first-order chi connectivity index (χ1) is 12.2. The van der Waals surface area contributed by atoms with Crippen molar-refractivity contribution >= 4 is 11.8 Å². The fraction of sp³-hybridized carbons (Fsp3) is 0.600. The highest BCUT2D eigenvalue weighted by Gasteiger charge is 2.28. The summed E-state index contributed by atoms with van der Waals surface area (Å²) < 4.78 is 5.58. The molecule has 2 aliphatic heterocycles. The Morgan fingerprint density at radius 3 is 2.60 bits per heavy atom. The Kier molecular flexibility index (Phi) is 6.45. The maximum Gasteiger partial charge on any atom is 0.245 e. The fourth-order valence-corrected chi connectivity index (χ4v) is 3.64. The minimum Gasteiger partial charge on any atom is -0.378 e. The predicted molar refractivity (Wildman–Crippen MR) is 96.1 cm³/mol. The van der Waals surface area contributed by atoms with E-state index in [1.165, 1.54) is 0 Å². The van der Waals surface area contributed by atoms with E-state index in [0.717, 1.165) is 57.4 Å². The number of hydrogen-bond acceptors (Lipinski definition) is 3. The maximum absolute atomic E-state index is 12.8. The van der Waals surface area contributed by atoms with Gasteiger partial charge in [0.05, 0.1) is 6.10 Å². The zero-order chi connectivity index (χ0) is 17.5. The number of carbonyl (C=O) groups is 2. The van der Waals surface area contributed by atoms with Crippen molar-refractivity contribution in [2.75, 3.05) is 19.7 Å². The first-order valence-corrected chi connectivity index (χ1v) is 9.46. The maximum atomic E-state index is 12.8. The summed E-state index contributed by atoms with van der Waals surface area (Å²) in [5, 5.41) is 2.98. The van der Waals surface area contributed by atoms with Crippen LogP contribution in [0.15, 0.2) is 30.3 Å². The Labute approximate surface area is 149 Å². The molecule has 2 fully saturated rings. The van der Waals surface area contributed by atoms with Crippen LogP contribution in [0.2, 0.25) is 0 Å². The van der Waals surface area contributed by atoms with Crippen molar-refractivity contribution in [1.82, 2.24) is 10.2 Å². The molecule has 5 heteroatoms. The highest BCUT2D eigenvalue weighted by Crippen LogP contribution is 2.17. The van der Waals surface area contributed by atoms with Crippen molar-refractivity contribution in [2.24, 2.45) is 0 Å². The zero-order valence-corrected chi connectivity index (χ0v) is 14.8. The molecule has 2 amide bonds. The average Bonchev–Trinajstić information content (AvgIpc) is 3.33. The minimum absolute atomic E-state index is 0.0480. The number of likely N-dealkylation sites (tertiary alicyclic amines) is 1. The molecule has 0 saturated carbocycles. The number of nitrogens with one attached hydrogen (secondary N) is 1. The van der Waals surface area contributed by atoms with E-state index in [0.29, 0.717) is 12.8 Å². The van der Waals surface area contributed by atoms with Crippen LogP contribution in [-0.4, -0.2) is 48.6 Å². The number of benzene rings is 1. The first-order valence-electron chi connectivity index (χ1n) is 9.46. The van der Waals surface area contributed by atoms with Crippen molar-refractivity contribution in [1.29, 1.82) is 0 Å². The summed E-state index contributed by atoms with van der Waals surface area (Å²) in [5.74, 6) is -0.00389. The molecule has 3 rings (SSSR count). The van der Waals surface area contributed by atoms with Gasteiger partial charge >= 0.3 is 0 Å².